The zero-order chi connectivity index (χ0) is 19.4. The van der Waals surface area contributed by atoms with Crippen molar-refractivity contribution in [3.8, 4) is 0 Å². The van der Waals surface area contributed by atoms with Gasteiger partial charge in [0.25, 0.3) is 15.9 Å². The maximum absolute atomic E-state index is 12.1. The van der Waals surface area contributed by atoms with Crippen molar-refractivity contribution >= 4 is 33.4 Å². The number of para-hydroxylation sites is 1. The highest BCUT2D eigenvalue weighted by Gasteiger charge is 2.31. The van der Waals surface area contributed by atoms with Crippen LogP contribution in [0.1, 0.15) is 12.5 Å². The summed E-state index contributed by atoms with van der Waals surface area (Å²) in [5.41, 5.74) is 0.975. The first-order valence-corrected chi connectivity index (χ1v) is 9.57. The number of rotatable bonds is 5. The van der Waals surface area contributed by atoms with Gasteiger partial charge < -0.3 is 10.1 Å². The lowest BCUT2D eigenvalue weighted by atomic mass is 10.2. The summed E-state index contributed by atoms with van der Waals surface area (Å²) in [7, 11) is -3.68. The third kappa shape index (κ3) is 4.32. The van der Waals surface area contributed by atoms with E-state index < -0.39 is 34.5 Å². The summed E-state index contributed by atoms with van der Waals surface area (Å²) >= 11 is 0. The largest absolute Gasteiger partial charge is 0.454 e. The molecule has 3 rings (SSSR count). The Bertz CT molecular complexity index is 1000. The molecule has 2 N–H and O–H groups in total. The number of esters is 1. The van der Waals surface area contributed by atoms with Crippen molar-refractivity contribution in [2.24, 2.45) is 4.99 Å². The van der Waals surface area contributed by atoms with Crippen molar-refractivity contribution in [1.82, 2.24) is 4.72 Å². The van der Waals surface area contributed by atoms with Gasteiger partial charge in [-0.25, -0.2) is 13.2 Å². The predicted octanol–water partition coefficient (Wildman–Crippen LogP) is 1.30. The molecule has 0 aromatic heterocycles. The zero-order valence-corrected chi connectivity index (χ0v) is 15.2. The van der Waals surface area contributed by atoms with Crippen molar-refractivity contribution in [3.05, 3.63) is 60.2 Å². The van der Waals surface area contributed by atoms with Gasteiger partial charge >= 0.3 is 5.97 Å². The average molecular weight is 387 g/mol. The van der Waals surface area contributed by atoms with Crippen LogP contribution in [0.3, 0.4) is 0 Å². The Hall–Kier alpha value is -3.20. The molecule has 1 aliphatic heterocycles. The van der Waals surface area contributed by atoms with Gasteiger partial charge in [0.1, 0.15) is 11.9 Å². The van der Waals surface area contributed by atoms with Gasteiger partial charge in [-0.05, 0) is 31.2 Å². The van der Waals surface area contributed by atoms with Crippen LogP contribution in [-0.2, 0) is 24.3 Å². The molecule has 0 bridgehead atoms. The number of sulfonamides is 1. The van der Waals surface area contributed by atoms with Crippen LogP contribution in [0.5, 0.6) is 0 Å². The van der Waals surface area contributed by atoms with E-state index >= 15 is 0 Å². The summed E-state index contributed by atoms with van der Waals surface area (Å²) in [4.78, 5) is 28.1. The number of aliphatic imine (C=N–C) groups is 1. The molecule has 1 atom stereocenters. The summed E-state index contributed by atoms with van der Waals surface area (Å²) in [5.74, 6) is -1.15. The molecule has 140 valence electrons. The number of hydrogen-bond donors (Lipinski definition) is 2. The van der Waals surface area contributed by atoms with Gasteiger partial charge in [-0.1, -0.05) is 30.3 Å². The fourth-order valence-electron chi connectivity index (χ4n) is 2.45. The number of benzene rings is 2. The van der Waals surface area contributed by atoms with Crippen LogP contribution in [0, 0.1) is 0 Å². The van der Waals surface area contributed by atoms with Crippen LogP contribution in [0.15, 0.2) is 64.5 Å². The Kier molecular flexibility index (Phi) is 5.22. The van der Waals surface area contributed by atoms with Crippen LogP contribution < -0.4 is 10.0 Å². The van der Waals surface area contributed by atoms with E-state index in [1.54, 1.807) is 42.5 Å². The van der Waals surface area contributed by atoms with Crippen LogP contribution in [0.2, 0.25) is 0 Å². The van der Waals surface area contributed by atoms with Crippen LogP contribution in [-0.4, -0.2) is 38.8 Å². The Morgan fingerprint density at radius 2 is 1.78 bits per heavy atom. The number of carbonyl (C=O) groups excluding carboxylic acids is 2. The summed E-state index contributed by atoms with van der Waals surface area (Å²) in [6.07, 6.45) is 0. The van der Waals surface area contributed by atoms with Crippen LogP contribution in [0.25, 0.3) is 0 Å². The van der Waals surface area contributed by atoms with Crippen molar-refractivity contribution in [2.75, 3.05) is 11.9 Å². The lowest BCUT2D eigenvalue weighted by Gasteiger charge is -2.09. The molecular weight excluding hydrogens is 370 g/mol. The highest BCUT2D eigenvalue weighted by atomic mass is 32.2. The topological polar surface area (TPSA) is 114 Å². The quantitative estimate of drug-likeness (QED) is 0.751. The summed E-state index contributed by atoms with van der Waals surface area (Å²) in [6, 6.07) is 14.1. The van der Waals surface area contributed by atoms with Gasteiger partial charge in [0.15, 0.2) is 6.61 Å². The van der Waals surface area contributed by atoms with Gasteiger partial charge in [-0.15, -0.1) is 0 Å². The molecular formula is C18H17N3O5S. The van der Waals surface area contributed by atoms with Gasteiger partial charge in [-0.2, -0.15) is 0 Å². The molecule has 0 spiro atoms. The Morgan fingerprint density at radius 3 is 2.52 bits per heavy atom. The van der Waals surface area contributed by atoms with Crippen molar-refractivity contribution in [1.29, 1.82) is 0 Å². The molecule has 1 aliphatic rings. The molecule has 0 fully saturated rings. The fourth-order valence-corrected chi connectivity index (χ4v) is 3.69. The highest BCUT2D eigenvalue weighted by molar-refractivity contribution is 7.90. The minimum atomic E-state index is -3.68. The minimum Gasteiger partial charge on any atom is -0.454 e. The van der Waals surface area contributed by atoms with E-state index in [4.69, 9.17) is 4.74 Å². The Labute approximate surface area is 156 Å². The summed E-state index contributed by atoms with van der Waals surface area (Å²) < 4.78 is 31.4. The third-order valence-electron chi connectivity index (χ3n) is 3.73. The number of carbonyl (C=O) groups is 2. The molecule has 2 aromatic carbocycles. The van der Waals surface area contributed by atoms with E-state index in [1.807, 2.05) is 6.07 Å². The van der Waals surface area contributed by atoms with Gasteiger partial charge in [0.05, 0.1) is 4.90 Å². The zero-order valence-electron chi connectivity index (χ0n) is 14.4. The normalized spacial score (nSPS) is 16.9. The number of nitrogens with zero attached hydrogens (tertiary/aromatic N) is 1. The molecule has 0 saturated carbocycles. The lowest BCUT2D eigenvalue weighted by molar-refractivity contribution is -0.148. The van der Waals surface area contributed by atoms with Gasteiger partial charge in [0, 0.05) is 11.3 Å². The second kappa shape index (κ2) is 7.58. The maximum atomic E-state index is 12.1. The van der Waals surface area contributed by atoms with E-state index in [1.165, 1.54) is 13.0 Å². The SMILES string of the molecule is CC(N=C1NS(=O)(=O)c2ccccc21)C(=O)OCC(=O)Nc1ccccc1. The summed E-state index contributed by atoms with van der Waals surface area (Å²) in [5, 5.41) is 2.59. The number of amidine groups is 1. The Morgan fingerprint density at radius 1 is 1.11 bits per heavy atom. The first kappa shape index (κ1) is 18.6. The number of nitrogens with one attached hydrogen (secondary N) is 2. The Balaban J connectivity index is 1.61. The molecule has 1 amide bonds. The molecule has 0 aliphatic carbocycles. The molecule has 1 unspecified atom stereocenters. The number of fused-ring (bicyclic) bond motifs is 1. The molecule has 9 heteroatoms. The third-order valence-corrected chi connectivity index (χ3v) is 5.13. The maximum Gasteiger partial charge on any atom is 0.331 e. The standard InChI is InChI=1S/C18H17N3O5S/c1-12(18(23)26-11-16(22)20-13-7-3-2-4-8-13)19-17-14-9-5-6-10-15(14)27(24,25)21-17/h2-10,12H,11H2,1H3,(H,19,21)(H,20,22). The first-order chi connectivity index (χ1) is 12.9. The van der Waals surface area contributed by atoms with E-state index in [9.17, 15) is 18.0 Å². The summed E-state index contributed by atoms with van der Waals surface area (Å²) in [6.45, 7) is 0.991. The molecule has 27 heavy (non-hydrogen) atoms. The minimum absolute atomic E-state index is 0.0730. The second-order valence-corrected chi connectivity index (χ2v) is 7.43. The number of ether oxygens (including phenoxy) is 1. The van der Waals surface area contributed by atoms with E-state index in [0.717, 1.165) is 0 Å². The lowest BCUT2D eigenvalue weighted by Crippen LogP contribution is -2.28. The molecule has 0 radical (unpaired) electrons. The van der Waals surface area contributed by atoms with E-state index in [-0.39, 0.29) is 10.7 Å². The van der Waals surface area contributed by atoms with E-state index in [0.29, 0.717) is 11.3 Å². The predicted molar refractivity (Wildman–Crippen MR) is 98.8 cm³/mol. The van der Waals surface area contributed by atoms with Crippen molar-refractivity contribution in [3.63, 3.8) is 0 Å². The number of hydrogen-bond acceptors (Lipinski definition) is 6. The highest BCUT2D eigenvalue weighted by Crippen LogP contribution is 2.22. The second-order valence-electron chi connectivity index (χ2n) is 5.78. The van der Waals surface area contributed by atoms with Crippen LogP contribution >= 0.6 is 0 Å². The molecule has 8 nitrogen and oxygen atoms in total. The first-order valence-electron chi connectivity index (χ1n) is 8.08. The fraction of sp³-hybridized carbons (Fsp3) is 0.167. The molecule has 1 heterocycles. The monoisotopic (exact) mass is 387 g/mol. The van der Waals surface area contributed by atoms with Crippen molar-refractivity contribution < 1.29 is 22.7 Å². The average Bonchev–Trinajstić information content (AvgIpc) is 2.91. The molecule has 2 aromatic rings. The number of amides is 1. The number of anilines is 1. The van der Waals surface area contributed by atoms with Gasteiger partial charge in [-0.3, -0.25) is 14.5 Å². The van der Waals surface area contributed by atoms with Crippen molar-refractivity contribution in [2.45, 2.75) is 17.9 Å². The van der Waals surface area contributed by atoms with E-state index in [2.05, 4.69) is 15.0 Å². The van der Waals surface area contributed by atoms with Crippen LogP contribution in [0.4, 0.5) is 5.69 Å². The smallest absolute Gasteiger partial charge is 0.331 e. The molecule has 0 saturated heterocycles. The van der Waals surface area contributed by atoms with Gasteiger partial charge in [0.2, 0.25) is 0 Å².